The first-order valence-electron chi connectivity index (χ1n) is 5.69. The van der Waals surface area contributed by atoms with Crippen LogP contribution >= 0.6 is 15.9 Å². The van der Waals surface area contributed by atoms with E-state index in [0.29, 0.717) is 15.6 Å². The van der Waals surface area contributed by atoms with E-state index in [0.717, 1.165) is 0 Å². The van der Waals surface area contributed by atoms with Crippen LogP contribution in [0.25, 0.3) is 0 Å². The number of hydrogen-bond acceptors (Lipinski definition) is 3. The van der Waals surface area contributed by atoms with Crippen molar-refractivity contribution in [3.63, 3.8) is 0 Å². The fraction of sp³-hybridized carbons (Fsp3) is 0.0667. The summed E-state index contributed by atoms with van der Waals surface area (Å²) in [6, 6.07) is 10.7. The van der Waals surface area contributed by atoms with Gasteiger partial charge in [0.25, 0.3) is 0 Å². The molecule has 3 nitrogen and oxygen atoms in total. The molecule has 0 aliphatic carbocycles. The number of carbonyl (C=O) groups is 1. The van der Waals surface area contributed by atoms with Crippen molar-refractivity contribution < 1.29 is 13.9 Å². The molecule has 2 aromatic rings. The molecule has 20 heavy (non-hydrogen) atoms. The van der Waals surface area contributed by atoms with Crippen LogP contribution in [0.2, 0.25) is 0 Å². The summed E-state index contributed by atoms with van der Waals surface area (Å²) in [4.78, 5) is 11.5. The van der Waals surface area contributed by atoms with Gasteiger partial charge in [-0.15, -0.1) is 0 Å². The van der Waals surface area contributed by atoms with Crippen molar-refractivity contribution in [2.45, 2.75) is 6.92 Å². The number of halogens is 2. The van der Waals surface area contributed by atoms with E-state index in [4.69, 9.17) is 10.00 Å². The van der Waals surface area contributed by atoms with E-state index in [2.05, 4.69) is 15.9 Å². The van der Waals surface area contributed by atoms with Crippen LogP contribution in [0.1, 0.15) is 22.8 Å². The highest BCUT2D eigenvalue weighted by molar-refractivity contribution is 9.10. The van der Waals surface area contributed by atoms with Crippen LogP contribution in [0.3, 0.4) is 0 Å². The Bertz CT molecular complexity index is 722. The average molecular weight is 334 g/mol. The molecule has 0 unspecified atom stereocenters. The quantitative estimate of drug-likeness (QED) is 0.779. The fourth-order valence-corrected chi connectivity index (χ4v) is 1.88. The normalized spacial score (nSPS) is 9.90. The Morgan fingerprint density at radius 1 is 1.30 bits per heavy atom. The molecule has 0 aliphatic heterocycles. The monoisotopic (exact) mass is 333 g/mol. The molecule has 0 atom stereocenters. The summed E-state index contributed by atoms with van der Waals surface area (Å²) in [7, 11) is 0. The Morgan fingerprint density at radius 2 is 2.05 bits per heavy atom. The maximum Gasteiger partial charge on any atom is 0.163 e. The van der Waals surface area contributed by atoms with Crippen molar-refractivity contribution in [1.82, 2.24) is 0 Å². The predicted octanol–water partition coefficient (Wildman–Crippen LogP) is 4.45. The zero-order chi connectivity index (χ0) is 14.7. The van der Waals surface area contributed by atoms with Crippen LogP contribution in [-0.2, 0) is 0 Å². The molecule has 0 aromatic heterocycles. The highest BCUT2D eigenvalue weighted by Gasteiger charge is 2.11. The molecule has 0 spiro atoms. The Labute approximate surface area is 123 Å². The lowest BCUT2D eigenvalue weighted by molar-refractivity contribution is 0.101. The smallest absolute Gasteiger partial charge is 0.163 e. The number of hydrogen-bond donors (Lipinski definition) is 0. The third-order valence-corrected chi connectivity index (χ3v) is 3.25. The van der Waals surface area contributed by atoms with E-state index in [-0.39, 0.29) is 17.3 Å². The molecule has 0 saturated heterocycles. The molecule has 0 fully saturated rings. The fourth-order valence-electron chi connectivity index (χ4n) is 1.63. The lowest BCUT2D eigenvalue weighted by atomic mass is 10.1. The van der Waals surface area contributed by atoms with Crippen molar-refractivity contribution in [1.29, 1.82) is 5.26 Å². The molecule has 0 N–H and O–H groups in total. The number of carbonyl (C=O) groups excluding carboxylic acids is 1. The molecule has 0 radical (unpaired) electrons. The Kier molecular flexibility index (Phi) is 4.16. The number of Topliss-reactive ketones (excluding diaryl/α,β-unsaturated/α-hetero) is 1. The van der Waals surface area contributed by atoms with Gasteiger partial charge < -0.3 is 4.74 Å². The number of benzene rings is 2. The van der Waals surface area contributed by atoms with Crippen molar-refractivity contribution >= 4 is 21.7 Å². The third kappa shape index (κ3) is 3.03. The zero-order valence-electron chi connectivity index (χ0n) is 10.5. The molecule has 0 amide bonds. The number of ketones is 1. The molecule has 0 saturated carbocycles. The Morgan fingerprint density at radius 3 is 2.65 bits per heavy atom. The summed E-state index contributed by atoms with van der Waals surface area (Å²) in [6.07, 6.45) is 0. The first kappa shape index (κ1) is 14.2. The van der Waals surface area contributed by atoms with Gasteiger partial charge in [0, 0.05) is 6.07 Å². The number of nitrogens with zero attached hydrogens (tertiary/aromatic N) is 1. The topological polar surface area (TPSA) is 50.1 Å². The van der Waals surface area contributed by atoms with Gasteiger partial charge in [-0.25, -0.2) is 4.39 Å². The SMILES string of the molecule is CC(=O)c1ccc(C#N)cc1Oc1ccc(Br)c(F)c1. The lowest BCUT2D eigenvalue weighted by Crippen LogP contribution is -1.98. The first-order chi connectivity index (χ1) is 9.51. The van der Waals surface area contributed by atoms with Crippen LogP contribution < -0.4 is 4.74 Å². The van der Waals surface area contributed by atoms with Crippen molar-refractivity contribution in [3.8, 4) is 17.6 Å². The second kappa shape index (κ2) is 5.85. The van der Waals surface area contributed by atoms with Crippen molar-refractivity contribution in [3.05, 3.63) is 57.8 Å². The van der Waals surface area contributed by atoms with Gasteiger partial charge in [0.2, 0.25) is 0 Å². The van der Waals surface area contributed by atoms with Gasteiger partial charge in [0.15, 0.2) is 5.78 Å². The van der Waals surface area contributed by atoms with Crippen molar-refractivity contribution in [2.24, 2.45) is 0 Å². The average Bonchev–Trinajstić information content (AvgIpc) is 2.42. The van der Waals surface area contributed by atoms with E-state index >= 15 is 0 Å². The van der Waals surface area contributed by atoms with Gasteiger partial charge in [0.1, 0.15) is 17.3 Å². The number of rotatable bonds is 3. The van der Waals surface area contributed by atoms with E-state index in [1.165, 1.54) is 37.3 Å². The van der Waals surface area contributed by atoms with Gasteiger partial charge >= 0.3 is 0 Å². The Hall–Kier alpha value is -2.19. The van der Waals surface area contributed by atoms with E-state index in [1.807, 2.05) is 6.07 Å². The van der Waals surface area contributed by atoms with Gasteiger partial charge in [0.05, 0.1) is 21.7 Å². The molecule has 0 bridgehead atoms. The van der Waals surface area contributed by atoms with Crippen LogP contribution in [0, 0.1) is 17.1 Å². The number of ether oxygens (including phenoxy) is 1. The van der Waals surface area contributed by atoms with Crippen LogP contribution in [0.5, 0.6) is 11.5 Å². The zero-order valence-corrected chi connectivity index (χ0v) is 12.1. The van der Waals surface area contributed by atoms with Gasteiger partial charge in [-0.05, 0) is 53.2 Å². The molecule has 2 aromatic carbocycles. The second-order valence-corrected chi connectivity index (χ2v) is 4.91. The minimum Gasteiger partial charge on any atom is -0.456 e. The number of nitriles is 1. The van der Waals surface area contributed by atoms with Crippen LogP contribution in [0.4, 0.5) is 4.39 Å². The molecule has 0 heterocycles. The highest BCUT2D eigenvalue weighted by atomic mass is 79.9. The molecule has 2 rings (SSSR count). The molecule has 5 heteroatoms. The van der Waals surface area contributed by atoms with E-state index < -0.39 is 5.82 Å². The molecule has 0 aliphatic rings. The van der Waals surface area contributed by atoms with Gasteiger partial charge in [-0.3, -0.25) is 4.79 Å². The summed E-state index contributed by atoms with van der Waals surface area (Å²) < 4.78 is 19.3. The van der Waals surface area contributed by atoms with Gasteiger partial charge in [-0.2, -0.15) is 5.26 Å². The lowest BCUT2D eigenvalue weighted by Gasteiger charge is -2.10. The minimum atomic E-state index is -0.469. The standard InChI is InChI=1S/C15H9BrFNO2/c1-9(19)12-4-2-10(8-18)6-15(12)20-11-3-5-13(16)14(17)7-11/h2-7H,1H3. The molecular formula is C15H9BrFNO2. The summed E-state index contributed by atoms with van der Waals surface area (Å²) in [5.41, 5.74) is 0.704. The summed E-state index contributed by atoms with van der Waals surface area (Å²) in [5, 5.41) is 8.88. The highest BCUT2D eigenvalue weighted by Crippen LogP contribution is 2.29. The van der Waals surface area contributed by atoms with E-state index in [9.17, 15) is 9.18 Å². The van der Waals surface area contributed by atoms with Crippen LogP contribution in [0.15, 0.2) is 40.9 Å². The summed E-state index contributed by atoms with van der Waals surface area (Å²) in [5.74, 6) is -0.174. The second-order valence-electron chi connectivity index (χ2n) is 4.06. The van der Waals surface area contributed by atoms with Gasteiger partial charge in [-0.1, -0.05) is 0 Å². The van der Waals surface area contributed by atoms with Crippen LogP contribution in [-0.4, -0.2) is 5.78 Å². The summed E-state index contributed by atoms with van der Waals surface area (Å²) in [6.45, 7) is 1.40. The molecular weight excluding hydrogens is 325 g/mol. The largest absolute Gasteiger partial charge is 0.456 e. The van der Waals surface area contributed by atoms with Crippen molar-refractivity contribution in [2.75, 3.05) is 0 Å². The Balaban J connectivity index is 2.43. The summed E-state index contributed by atoms with van der Waals surface area (Å²) >= 11 is 3.05. The molecule has 100 valence electrons. The maximum absolute atomic E-state index is 13.4. The maximum atomic E-state index is 13.4. The minimum absolute atomic E-state index is 0.193. The van der Waals surface area contributed by atoms with E-state index in [1.54, 1.807) is 6.07 Å². The first-order valence-corrected chi connectivity index (χ1v) is 6.48. The third-order valence-electron chi connectivity index (χ3n) is 2.61. The predicted molar refractivity (Wildman–Crippen MR) is 75.3 cm³/mol.